The van der Waals surface area contributed by atoms with E-state index in [1.807, 2.05) is 0 Å². The first-order valence-corrected chi connectivity index (χ1v) is 0.508. The summed E-state index contributed by atoms with van der Waals surface area (Å²) in [6.45, 7) is 0. The molecule has 0 aliphatic heterocycles. The Morgan fingerprint density at radius 1 is 1.50 bits per heavy atom. The van der Waals surface area contributed by atoms with E-state index >= 15 is 0 Å². The maximum absolute atomic E-state index is 7.81. The molecular weight excluding hydrogens is 417 g/mol. The summed E-state index contributed by atoms with van der Waals surface area (Å²) in [6, 6.07) is 0. The van der Waals surface area contributed by atoms with E-state index in [0.29, 0.717) is 0 Å². The van der Waals surface area contributed by atoms with Gasteiger partial charge in [-0.15, -0.1) is 0 Å². The van der Waals surface area contributed by atoms with Crippen LogP contribution in [0.3, 0.4) is 0 Å². The molecule has 0 aliphatic carbocycles. The first kappa shape index (κ1) is 15.8. The molecule has 0 bridgehead atoms. The first-order valence-electron chi connectivity index (χ1n) is 0.123. The van der Waals surface area contributed by atoms with Crippen molar-refractivity contribution in [1.82, 2.24) is 0 Å². The molecule has 4 heteroatoms. The third-order valence-corrected chi connectivity index (χ3v) is 0. The van der Waals surface area contributed by atoms with Crippen LogP contribution >= 0.6 is 0 Å². The van der Waals surface area contributed by atoms with Gasteiger partial charge < -0.3 is 2.85 Å². The maximum atomic E-state index is 7.81. The predicted molar refractivity (Wildman–Crippen MR) is 8.66 cm³/mol. The average molecular weight is 419 g/mol. The van der Waals surface area contributed by atoms with E-state index in [9.17, 15) is 0 Å². The third kappa shape index (κ3) is 8.85. The van der Waals surface area contributed by atoms with Crippen molar-refractivity contribution in [3.8, 4) is 0 Å². The van der Waals surface area contributed by atoms with Crippen molar-refractivity contribution < 1.29 is 50.3 Å². The van der Waals surface area contributed by atoms with E-state index in [1.54, 1.807) is 0 Å². The minimum absolute atomic E-state index is 0. The fraction of sp³-hybridized carbons (Fsp3) is 0. The number of rotatable bonds is 0. The molecule has 4 heavy (non-hydrogen) atoms. The zero-order chi connectivity index (χ0) is 2.00. The van der Waals surface area contributed by atoms with Crippen LogP contribution in [0.4, 0.5) is 0 Å². The van der Waals surface area contributed by atoms with Gasteiger partial charge >= 0.3 is 68.7 Å². The zero-order valence-electron chi connectivity index (χ0n) is 4.12. The van der Waals surface area contributed by atoms with Gasteiger partial charge in [0.1, 0.15) is 0 Å². The van der Waals surface area contributed by atoms with Gasteiger partial charge in [-0.3, -0.25) is 0 Å². The summed E-state index contributed by atoms with van der Waals surface area (Å²) >= 11 is 2.94. The van der Waals surface area contributed by atoms with E-state index in [2.05, 4.69) is 15.9 Å². The van der Waals surface area contributed by atoms with Crippen LogP contribution in [0.5, 0.6) is 0 Å². The second-order valence-corrected chi connectivity index (χ2v) is 0. The van der Waals surface area contributed by atoms with Gasteiger partial charge in [-0.1, -0.05) is 0 Å². The van der Waals surface area contributed by atoms with E-state index < -0.39 is 0 Å². The fourth-order valence-corrected chi connectivity index (χ4v) is 0. The molecular formula is H2BaCuHgO. The molecule has 0 amide bonds. The summed E-state index contributed by atoms with van der Waals surface area (Å²) in [4.78, 5) is 0. The first-order chi connectivity index (χ1) is 1.00. The summed E-state index contributed by atoms with van der Waals surface area (Å²) in [5.41, 5.74) is 0. The van der Waals surface area contributed by atoms with Crippen molar-refractivity contribution in [3.05, 3.63) is 0 Å². The van der Waals surface area contributed by atoms with Gasteiger partial charge in [0.2, 0.25) is 0 Å². The Morgan fingerprint density at radius 3 is 1.50 bits per heavy atom. The Balaban J connectivity index is -0.000000000833. The standard InChI is InChI=1S/Ba.Cu.Hg.O.2H/q+2;;;;2*-1. The summed E-state index contributed by atoms with van der Waals surface area (Å²) < 4.78 is 7.81. The van der Waals surface area contributed by atoms with Crippen LogP contribution < -0.4 is 0 Å². The van der Waals surface area contributed by atoms with Gasteiger partial charge in [0, 0.05) is 27.7 Å². The molecule has 0 saturated heterocycles. The molecule has 0 atom stereocenters. The van der Waals surface area contributed by atoms with Crippen molar-refractivity contribution >= 4 is 48.9 Å². The number of hydrogen-bond acceptors (Lipinski definition) is 1. The molecule has 0 fully saturated rings. The fourth-order valence-electron chi connectivity index (χ4n) is 0. The molecule has 23 valence electrons. The molecule has 0 heterocycles. The summed E-state index contributed by atoms with van der Waals surface area (Å²) in [5, 5.41) is 0. The Labute approximate surface area is 96.9 Å². The van der Waals surface area contributed by atoms with E-state index in [1.165, 1.54) is 0 Å². The van der Waals surface area contributed by atoms with E-state index in [0.717, 1.165) is 0 Å². The number of hydrogen-bond donors (Lipinski definition) is 0. The van der Waals surface area contributed by atoms with Crippen LogP contribution in [0.15, 0.2) is 0 Å². The van der Waals surface area contributed by atoms with Gasteiger partial charge in [0.25, 0.3) is 0 Å². The normalized spacial score (nSPS) is 1.50. The molecule has 0 rings (SSSR count). The van der Waals surface area contributed by atoms with Crippen molar-refractivity contribution in [2.45, 2.75) is 0 Å². The topological polar surface area (TPSA) is 17.1 Å². The molecule has 0 saturated carbocycles. The van der Waals surface area contributed by atoms with Gasteiger partial charge in [-0.2, -0.15) is 0 Å². The molecule has 0 aromatic rings. The van der Waals surface area contributed by atoms with Crippen molar-refractivity contribution in [3.63, 3.8) is 0 Å². The van der Waals surface area contributed by atoms with Crippen molar-refractivity contribution in [1.29, 1.82) is 0 Å². The molecule has 0 radical (unpaired) electrons. The Morgan fingerprint density at radius 2 is 1.50 bits per heavy atom. The van der Waals surface area contributed by atoms with Crippen LogP contribution in [0.1, 0.15) is 2.85 Å². The average Bonchev–Trinajstić information content (AvgIpc) is 1.00. The third-order valence-electron chi connectivity index (χ3n) is 0. The second kappa shape index (κ2) is 17.0. The van der Waals surface area contributed by atoms with Crippen LogP contribution in [-0.2, 0) is 47.4 Å². The molecule has 0 spiro atoms. The van der Waals surface area contributed by atoms with Gasteiger partial charge in [-0.05, 0) is 0 Å². The monoisotopic (exact) mass is 421 g/mol. The Hall–Kier alpha value is 2.83. The quantitative estimate of drug-likeness (QED) is 0.494. The molecule has 0 aromatic carbocycles. The molecule has 1 nitrogen and oxygen atoms in total. The zero-order valence-corrected chi connectivity index (χ0v) is 13.0. The Bertz CT molecular complexity index is 13.5. The van der Waals surface area contributed by atoms with Crippen molar-refractivity contribution in [2.75, 3.05) is 0 Å². The van der Waals surface area contributed by atoms with Crippen LogP contribution in [0, 0.1) is 0 Å². The van der Waals surface area contributed by atoms with Crippen LogP contribution in [-0.4, -0.2) is 48.9 Å². The summed E-state index contributed by atoms with van der Waals surface area (Å²) in [7, 11) is 0. The van der Waals surface area contributed by atoms with Crippen LogP contribution in [0.2, 0.25) is 0 Å². The SMILES string of the molecule is [Ba+2].[H-].[H-].[Hg].[O]=[Cu]. The molecule has 0 aliphatic rings. The minimum atomic E-state index is 0. The molecule has 0 N–H and O–H groups in total. The van der Waals surface area contributed by atoms with E-state index in [-0.39, 0.29) is 79.4 Å². The van der Waals surface area contributed by atoms with Crippen LogP contribution in [0.25, 0.3) is 0 Å². The van der Waals surface area contributed by atoms with E-state index in [4.69, 9.17) is 3.83 Å². The second-order valence-electron chi connectivity index (χ2n) is 0. The molecule has 0 aromatic heterocycles. The van der Waals surface area contributed by atoms with Crippen molar-refractivity contribution in [2.24, 2.45) is 0 Å². The van der Waals surface area contributed by atoms with Gasteiger partial charge in [0.15, 0.2) is 0 Å². The van der Waals surface area contributed by atoms with Gasteiger partial charge in [-0.25, -0.2) is 0 Å². The predicted octanol–water partition coefficient (Wildman–Crippen LogP) is -0.280. The van der Waals surface area contributed by atoms with Gasteiger partial charge in [0.05, 0.1) is 0 Å². The summed E-state index contributed by atoms with van der Waals surface area (Å²) in [6.07, 6.45) is 0. The summed E-state index contributed by atoms with van der Waals surface area (Å²) in [5.74, 6) is 0. The molecule has 0 unspecified atom stereocenters. The Kier molecular flexibility index (Phi) is 67.2.